The predicted octanol–water partition coefficient (Wildman–Crippen LogP) is 4.26. The molecule has 3 aromatic rings. The lowest BCUT2D eigenvalue weighted by Crippen LogP contribution is -2.08. The monoisotopic (exact) mass is 307 g/mol. The van der Waals surface area contributed by atoms with Gasteiger partial charge in [-0.2, -0.15) is 0 Å². The van der Waals surface area contributed by atoms with Crippen molar-refractivity contribution < 1.29 is 9.15 Å². The van der Waals surface area contributed by atoms with Crippen LogP contribution in [0.15, 0.2) is 57.9 Å². The summed E-state index contributed by atoms with van der Waals surface area (Å²) in [4.78, 5) is 4.72. The van der Waals surface area contributed by atoms with E-state index in [0.29, 0.717) is 13.2 Å². The number of fused-ring (bicyclic) bond motifs is 1. The van der Waals surface area contributed by atoms with E-state index in [1.807, 2.05) is 36.4 Å². The highest BCUT2D eigenvalue weighted by atomic mass is 16.5. The van der Waals surface area contributed by atoms with Gasteiger partial charge in [0.15, 0.2) is 0 Å². The minimum absolute atomic E-state index is 0.610. The average Bonchev–Trinajstić information content (AvgIpc) is 2.55. The molecule has 0 aliphatic carbocycles. The van der Waals surface area contributed by atoms with Crippen molar-refractivity contribution in [3.05, 3.63) is 65.0 Å². The van der Waals surface area contributed by atoms with Crippen LogP contribution in [0.2, 0.25) is 0 Å². The van der Waals surface area contributed by atoms with E-state index < -0.39 is 0 Å². The molecule has 0 atom stereocenters. The fraction of sp³-hybridized carbons (Fsp3) is 0.250. The summed E-state index contributed by atoms with van der Waals surface area (Å²) >= 11 is 0. The topological polar surface area (TPSA) is 34.7 Å². The highest BCUT2D eigenvalue weighted by molar-refractivity contribution is 5.82. The van der Waals surface area contributed by atoms with E-state index >= 15 is 0 Å². The van der Waals surface area contributed by atoms with Crippen LogP contribution in [0, 0.1) is 13.8 Å². The lowest BCUT2D eigenvalue weighted by atomic mass is 10.0. The first-order chi connectivity index (χ1) is 11.2. The van der Waals surface area contributed by atoms with Crippen LogP contribution in [0.5, 0.6) is 0 Å². The Hall–Kier alpha value is -2.39. The molecule has 1 aromatic heterocycles. The zero-order valence-electron chi connectivity index (χ0n) is 13.8. The molecule has 0 N–H and O–H groups in total. The normalized spacial score (nSPS) is 12.0. The fourth-order valence-electron chi connectivity index (χ4n) is 2.81. The zero-order chi connectivity index (χ0) is 16.2. The molecular formula is C20H21NO2. The van der Waals surface area contributed by atoms with Gasteiger partial charge in [0, 0.05) is 24.1 Å². The van der Waals surface area contributed by atoms with E-state index in [9.17, 15) is 0 Å². The van der Waals surface area contributed by atoms with Crippen LogP contribution in [0.4, 0.5) is 0 Å². The average molecular weight is 307 g/mol. The van der Waals surface area contributed by atoms with Gasteiger partial charge < -0.3 is 9.15 Å². The van der Waals surface area contributed by atoms with Crippen molar-refractivity contribution in [2.45, 2.75) is 13.8 Å². The van der Waals surface area contributed by atoms with Gasteiger partial charge in [-0.3, -0.25) is 4.99 Å². The molecule has 0 radical (unpaired) electrons. The first kappa shape index (κ1) is 15.5. The van der Waals surface area contributed by atoms with Crippen LogP contribution >= 0.6 is 0 Å². The molecule has 0 aliphatic rings. The minimum atomic E-state index is 0.610. The Morgan fingerprint density at radius 2 is 1.83 bits per heavy atom. The summed E-state index contributed by atoms with van der Waals surface area (Å²) in [6.45, 7) is 5.43. The van der Waals surface area contributed by atoms with Gasteiger partial charge in [0.2, 0.25) is 0 Å². The van der Waals surface area contributed by atoms with Crippen molar-refractivity contribution in [3.8, 4) is 11.3 Å². The lowest BCUT2D eigenvalue weighted by Gasteiger charge is -2.08. The molecule has 0 saturated carbocycles. The van der Waals surface area contributed by atoms with E-state index in [0.717, 1.165) is 27.7 Å². The summed E-state index contributed by atoms with van der Waals surface area (Å²) in [5, 5.41) is 2.03. The maximum absolute atomic E-state index is 6.17. The number of methoxy groups -OCH3 is 1. The fourth-order valence-corrected chi connectivity index (χ4v) is 2.81. The number of ether oxygens (including phenoxy) is 1. The first-order valence-corrected chi connectivity index (χ1v) is 7.79. The van der Waals surface area contributed by atoms with Crippen LogP contribution in [-0.2, 0) is 4.74 Å². The quantitative estimate of drug-likeness (QED) is 0.675. The highest BCUT2D eigenvalue weighted by Crippen LogP contribution is 2.24. The molecule has 0 aliphatic heterocycles. The summed E-state index contributed by atoms with van der Waals surface area (Å²) in [5.41, 5.74) is 4.29. The molecule has 2 aromatic carbocycles. The van der Waals surface area contributed by atoms with E-state index in [2.05, 4.69) is 26.0 Å². The Balaban J connectivity index is 2.27. The Labute approximate surface area is 136 Å². The van der Waals surface area contributed by atoms with Gasteiger partial charge in [0.1, 0.15) is 11.3 Å². The molecule has 3 nitrogen and oxygen atoms in total. The highest BCUT2D eigenvalue weighted by Gasteiger charge is 2.08. The van der Waals surface area contributed by atoms with Gasteiger partial charge in [-0.15, -0.1) is 0 Å². The summed E-state index contributed by atoms with van der Waals surface area (Å²) in [7, 11) is 1.69. The molecule has 0 bridgehead atoms. The summed E-state index contributed by atoms with van der Waals surface area (Å²) < 4.78 is 11.3. The van der Waals surface area contributed by atoms with Crippen molar-refractivity contribution in [3.63, 3.8) is 0 Å². The van der Waals surface area contributed by atoms with Gasteiger partial charge in [-0.25, -0.2) is 0 Å². The van der Waals surface area contributed by atoms with E-state index in [1.165, 1.54) is 11.1 Å². The SMILES string of the molecule is COCCN=c1cc(-c2ccccc2)oc2cc(C)cc(C)c12. The Morgan fingerprint density at radius 1 is 1.04 bits per heavy atom. The molecule has 118 valence electrons. The Bertz CT molecular complexity index is 879. The van der Waals surface area contributed by atoms with Crippen LogP contribution in [0.3, 0.4) is 0 Å². The Kier molecular flexibility index (Phi) is 4.58. The van der Waals surface area contributed by atoms with Crippen molar-refractivity contribution in [2.24, 2.45) is 4.99 Å². The van der Waals surface area contributed by atoms with Gasteiger partial charge in [0.05, 0.1) is 18.5 Å². The second-order valence-corrected chi connectivity index (χ2v) is 5.69. The number of benzene rings is 2. The van der Waals surface area contributed by atoms with E-state index in [1.54, 1.807) is 7.11 Å². The number of hydrogen-bond acceptors (Lipinski definition) is 3. The third-order valence-electron chi connectivity index (χ3n) is 3.82. The van der Waals surface area contributed by atoms with E-state index in [4.69, 9.17) is 14.1 Å². The molecule has 0 amide bonds. The largest absolute Gasteiger partial charge is 0.456 e. The van der Waals surface area contributed by atoms with E-state index in [-0.39, 0.29) is 0 Å². The third-order valence-corrected chi connectivity index (χ3v) is 3.82. The van der Waals surface area contributed by atoms with Crippen LogP contribution in [0.25, 0.3) is 22.3 Å². The van der Waals surface area contributed by atoms with Crippen LogP contribution in [0.1, 0.15) is 11.1 Å². The van der Waals surface area contributed by atoms with Crippen LogP contribution in [-0.4, -0.2) is 20.3 Å². The molecule has 0 saturated heterocycles. The number of nitrogens with zero attached hydrogens (tertiary/aromatic N) is 1. The first-order valence-electron chi connectivity index (χ1n) is 7.79. The molecule has 0 fully saturated rings. The molecule has 3 heteroatoms. The van der Waals surface area contributed by atoms with Crippen molar-refractivity contribution >= 4 is 11.0 Å². The number of rotatable bonds is 4. The molecule has 3 rings (SSSR count). The summed E-state index contributed by atoms with van der Waals surface area (Å²) in [5.74, 6) is 0.833. The maximum atomic E-state index is 6.17. The predicted molar refractivity (Wildman–Crippen MR) is 93.4 cm³/mol. The lowest BCUT2D eigenvalue weighted by molar-refractivity contribution is 0.207. The molecule has 23 heavy (non-hydrogen) atoms. The zero-order valence-corrected chi connectivity index (χ0v) is 13.8. The van der Waals surface area contributed by atoms with Gasteiger partial charge in [-0.1, -0.05) is 36.4 Å². The standard InChI is InChI=1S/C20H21NO2/c1-14-11-15(2)20-17(21-9-10-22-3)13-18(23-19(20)12-14)16-7-5-4-6-8-16/h4-8,11-13H,9-10H2,1-3H3. The van der Waals surface area contributed by atoms with Gasteiger partial charge in [-0.05, 0) is 31.0 Å². The Morgan fingerprint density at radius 3 is 2.57 bits per heavy atom. The van der Waals surface area contributed by atoms with Crippen molar-refractivity contribution in [1.29, 1.82) is 0 Å². The second kappa shape index (κ2) is 6.80. The van der Waals surface area contributed by atoms with Gasteiger partial charge in [0.25, 0.3) is 0 Å². The summed E-state index contributed by atoms with van der Waals surface area (Å²) in [6, 6.07) is 16.4. The number of hydrogen-bond donors (Lipinski definition) is 0. The molecule has 0 spiro atoms. The second-order valence-electron chi connectivity index (χ2n) is 5.69. The van der Waals surface area contributed by atoms with Crippen molar-refractivity contribution in [2.75, 3.05) is 20.3 Å². The molecular weight excluding hydrogens is 286 g/mol. The van der Waals surface area contributed by atoms with Crippen LogP contribution < -0.4 is 5.36 Å². The summed E-state index contributed by atoms with van der Waals surface area (Å²) in [6.07, 6.45) is 0. The molecule has 1 heterocycles. The minimum Gasteiger partial charge on any atom is -0.456 e. The molecule has 0 unspecified atom stereocenters. The van der Waals surface area contributed by atoms with Gasteiger partial charge >= 0.3 is 0 Å². The number of aryl methyl sites for hydroxylation is 2. The maximum Gasteiger partial charge on any atom is 0.137 e. The van der Waals surface area contributed by atoms with Crippen molar-refractivity contribution in [1.82, 2.24) is 0 Å². The third kappa shape index (κ3) is 3.35. The smallest absolute Gasteiger partial charge is 0.137 e.